The number of nitrogens with zero attached hydrogens (tertiary/aromatic N) is 2. The molecule has 0 saturated carbocycles. The smallest absolute Gasteiger partial charge is 0.246 e. The van der Waals surface area contributed by atoms with Crippen LogP contribution in [0.15, 0.2) is 48.5 Å². The molecule has 0 spiro atoms. The van der Waals surface area contributed by atoms with E-state index in [1.54, 1.807) is 30.4 Å². The lowest BCUT2D eigenvalue weighted by atomic mass is 10.2. The first-order chi connectivity index (χ1) is 12.5. The van der Waals surface area contributed by atoms with Crippen molar-refractivity contribution < 1.29 is 4.79 Å². The maximum absolute atomic E-state index is 12.4. The number of benzene rings is 2. The van der Waals surface area contributed by atoms with Gasteiger partial charge in [-0.2, -0.15) is 0 Å². The molecular formula is C20H19Cl3N2O. The average molecular weight is 410 g/mol. The summed E-state index contributed by atoms with van der Waals surface area (Å²) in [7, 11) is 0. The molecule has 3 rings (SSSR count). The van der Waals surface area contributed by atoms with Crippen molar-refractivity contribution in [2.24, 2.45) is 0 Å². The number of halogens is 3. The molecule has 136 valence electrons. The fourth-order valence-electron chi connectivity index (χ4n) is 2.88. The second-order valence-corrected chi connectivity index (χ2v) is 7.51. The van der Waals surface area contributed by atoms with Gasteiger partial charge in [-0.3, -0.25) is 9.69 Å². The van der Waals surface area contributed by atoms with Gasteiger partial charge in [-0.25, -0.2) is 0 Å². The minimum Gasteiger partial charge on any atom is -0.337 e. The molecule has 2 aromatic carbocycles. The Balaban J connectivity index is 1.51. The zero-order chi connectivity index (χ0) is 18.5. The number of rotatable bonds is 4. The van der Waals surface area contributed by atoms with Crippen LogP contribution < -0.4 is 0 Å². The van der Waals surface area contributed by atoms with Crippen LogP contribution in [0.2, 0.25) is 15.1 Å². The van der Waals surface area contributed by atoms with Crippen LogP contribution in [0.5, 0.6) is 0 Å². The summed E-state index contributed by atoms with van der Waals surface area (Å²) in [6, 6.07) is 13.1. The SMILES string of the molecule is O=C(/C=C/c1ccc(Cl)cc1Cl)N1CCN(Cc2ccc(Cl)cc2)CC1. The molecule has 6 heteroatoms. The van der Waals surface area contributed by atoms with Gasteiger partial charge in [0.2, 0.25) is 5.91 Å². The summed E-state index contributed by atoms with van der Waals surface area (Å²) < 4.78 is 0. The zero-order valence-electron chi connectivity index (χ0n) is 14.2. The number of amides is 1. The molecule has 1 fully saturated rings. The van der Waals surface area contributed by atoms with Gasteiger partial charge in [0.1, 0.15) is 0 Å². The second kappa shape index (κ2) is 8.92. The van der Waals surface area contributed by atoms with Crippen LogP contribution in [-0.2, 0) is 11.3 Å². The summed E-state index contributed by atoms with van der Waals surface area (Å²) >= 11 is 17.9. The van der Waals surface area contributed by atoms with E-state index in [1.165, 1.54) is 5.56 Å². The molecule has 1 heterocycles. The van der Waals surface area contributed by atoms with Crippen molar-refractivity contribution in [2.75, 3.05) is 26.2 Å². The topological polar surface area (TPSA) is 23.6 Å². The first-order valence-electron chi connectivity index (χ1n) is 8.40. The molecule has 0 radical (unpaired) electrons. The van der Waals surface area contributed by atoms with Gasteiger partial charge < -0.3 is 4.90 Å². The van der Waals surface area contributed by atoms with Crippen molar-refractivity contribution in [1.82, 2.24) is 9.80 Å². The van der Waals surface area contributed by atoms with Gasteiger partial charge in [-0.1, -0.05) is 53.0 Å². The highest BCUT2D eigenvalue weighted by molar-refractivity contribution is 6.35. The molecule has 3 nitrogen and oxygen atoms in total. The van der Waals surface area contributed by atoms with E-state index in [1.807, 2.05) is 29.2 Å². The third-order valence-corrected chi connectivity index (χ3v) is 5.19. The lowest BCUT2D eigenvalue weighted by Crippen LogP contribution is -2.47. The average Bonchev–Trinajstić information content (AvgIpc) is 2.63. The Morgan fingerprint density at radius 1 is 0.923 bits per heavy atom. The van der Waals surface area contributed by atoms with E-state index in [9.17, 15) is 4.79 Å². The Kier molecular flexibility index (Phi) is 6.60. The van der Waals surface area contributed by atoms with Crippen LogP contribution in [0.1, 0.15) is 11.1 Å². The highest BCUT2D eigenvalue weighted by Gasteiger charge is 2.19. The summed E-state index contributed by atoms with van der Waals surface area (Å²) in [5.41, 5.74) is 2.01. The largest absolute Gasteiger partial charge is 0.337 e. The molecule has 1 aliphatic rings. The Labute approximate surface area is 168 Å². The quantitative estimate of drug-likeness (QED) is 0.663. The van der Waals surface area contributed by atoms with Gasteiger partial charge in [0, 0.05) is 53.9 Å². The van der Waals surface area contributed by atoms with Crippen LogP contribution in [0.3, 0.4) is 0 Å². The second-order valence-electron chi connectivity index (χ2n) is 6.23. The van der Waals surface area contributed by atoms with E-state index in [0.29, 0.717) is 23.1 Å². The molecule has 26 heavy (non-hydrogen) atoms. The number of hydrogen-bond donors (Lipinski definition) is 0. The van der Waals surface area contributed by atoms with Gasteiger partial charge in [0.05, 0.1) is 0 Å². The number of carbonyl (C=O) groups is 1. The van der Waals surface area contributed by atoms with Gasteiger partial charge in [0.15, 0.2) is 0 Å². The van der Waals surface area contributed by atoms with Gasteiger partial charge in [-0.15, -0.1) is 0 Å². The van der Waals surface area contributed by atoms with Gasteiger partial charge in [0.25, 0.3) is 0 Å². The minimum atomic E-state index is 0.00200. The number of piperazine rings is 1. The normalized spacial score (nSPS) is 15.6. The van der Waals surface area contributed by atoms with Crippen molar-refractivity contribution in [2.45, 2.75) is 6.54 Å². The fraction of sp³-hybridized carbons (Fsp3) is 0.250. The first-order valence-corrected chi connectivity index (χ1v) is 9.53. The van der Waals surface area contributed by atoms with E-state index in [4.69, 9.17) is 34.8 Å². The summed E-state index contributed by atoms with van der Waals surface area (Å²) in [6.45, 7) is 4.00. The van der Waals surface area contributed by atoms with Crippen LogP contribution in [0, 0.1) is 0 Å². The fourth-order valence-corrected chi connectivity index (χ4v) is 3.48. The van der Waals surface area contributed by atoms with Crippen molar-refractivity contribution >= 4 is 46.8 Å². The summed E-state index contributed by atoms with van der Waals surface area (Å²) in [4.78, 5) is 16.6. The highest BCUT2D eigenvalue weighted by atomic mass is 35.5. The molecule has 0 bridgehead atoms. The van der Waals surface area contributed by atoms with E-state index in [2.05, 4.69) is 4.90 Å². The van der Waals surface area contributed by atoms with Crippen LogP contribution in [0.25, 0.3) is 6.08 Å². The van der Waals surface area contributed by atoms with Crippen molar-refractivity contribution in [1.29, 1.82) is 0 Å². The molecule has 0 N–H and O–H groups in total. The summed E-state index contributed by atoms with van der Waals surface area (Å²) in [5, 5.41) is 1.86. The third kappa shape index (κ3) is 5.24. The van der Waals surface area contributed by atoms with Crippen molar-refractivity contribution in [3.63, 3.8) is 0 Å². The van der Waals surface area contributed by atoms with Crippen molar-refractivity contribution in [3.05, 3.63) is 74.7 Å². The van der Waals surface area contributed by atoms with Gasteiger partial charge >= 0.3 is 0 Å². The third-order valence-electron chi connectivity index (χ3n) is 4.37. The van der Waals surface area contributed by atoms with E-state index in [0.717, 1.165) is 30.2 Å². The first kappa shape index (κ1) is 19.2. The maximum Gasteiger partial charge on any atom is 0.246 e. The molecule has 2 aromatic rings. The number of carbonyl (C=O) groups excluding carboxylic acids is 1. The Morgan fingerprint density at radius 3 is 2.23 bits per heavy atom. The predicted molar refractivity (Wildman–Crippen MR) is 109 cm³/mol. The lowest BCUT2D eigenvalue weighted by molar-refractivity contribution is -0.127. The molecule has 0 unspecified atom stereocenters. The minimum absolute atomic E-state index is 0.00200. The molecule has 1 saturated heterocycles. The van der Waals surface area contributed by atoms with Crippen LogP contribution in [0.4, 0.5) is 0 Å². The van der Waals surface area contributed by atoms with E-state index in [-0.39, 0.29) is 5.91 Å². The Bertz CT molecular complexity index is 797. The van der Waals surface area contributed by atoms with Gasteiger partial charge in [-0.05, 0) is 41.5 Å². The van der Waals surface area contributed by atoms with Crippen LogP contribution in [-0.4, -0.2) is 41.9 Å². The Hall–Kier alpha value is -1.52. The monoisotopic (exact) mass is 408 g/mol. The molecule has 0 aliphatic carbocycles. The molecule has 0 aromatic heterocycles. The highest BCUT2D eigenvalue weighted by Crippen LogP contribution is 2.22. The summed E-state index contributed by atoms with van der Waals surface area (Å²) in [6.07, 6.45) is 3.31. The lowest BCUT2D eigenvalue weighted by Gasteiger charge is -2.34. The maximum atomic E-state index is 12.4. The van der Waals surface area contributed by atoms with Crippen LogP contribution >= 0.6 is 34.8 Å². The predicted octanol–water partition coefficient (Wildman–Crippen LogP) is 5.00. The standard InChI is InChI=1S/C20H19Cl3N2O/c21-17-5-1-15(2-6-17)14-24-9-11-25(12-10-24)20(26)8-4-16-3-7-18(22)13-19(16)23/h1-8,13H,9-12,14H2/b8-4+. The Morgan fingerprint density at radius 2 is 1.58 bits per heavy atom. The molecule has 1 aliphatic heterocycles. The van der Waals surface area contributed by atoms with E-state index < -0.39 is 0 Å². The van der Waals surface area contributed by atoms with Crippen molar-refractivity contribution in [3.8, 4) is 0 Å². The summed E-state index contributed by atoms with van der Waals surface area (Å²) in [5.74, 6) is 0.00200. The van der Waals surface area contributed by atoms with E-state index >= 15 is 0 Å². The molecule has 0 atom stereocenters. The molecular weight excluding hydrogens is 391 g/mol. The molecule has 1 amide bonds. The zero-order valence-corrected chi connectivity index (χ0v) is 16.4. The number of hydrogen-bond acceptors (Lipinski definition) is 2.